The number of nitrogens with zero attached hydrogens (tertiary/aromatic N) is 4. The van der Waals surface area contributed by atoms with Crippen LogP contribution in [0.2, 0.25) is 0 Å². The highest BCUT2D eigenvalue weighted by Gasteiger charge is 2.42. The molecule has 1 saturated carbocycles. The molecule has 1 aliphatic carbocycles. The minimum Gasteiger partial charge on any atom is -0.453 e. The zero-order chi connectivity index (χ0) is 43.1. The number of alkyl carbamates (subject to hydrolysis) is 2. The van der Waals surface area contributed by atoms with Crippen LogP contribution in [0.25, 0.3) is 33.6 Å². The number of ether oxygens (including phenoxy) is 2. The fraction of sp³-hybridized carbons (Fsp3) is 0.532. The summed E-state index contributed by atoms with van der Waals surface area (Å²) in [4.78, 5) is 72.3. The lowest BCUT2D eigenvalue weighted by Gasteiger charge is -2.34. The molecule has 3 saturated heterocycles. The number of fused-ring (bicyclic) bond motifs is 5. The van der Waals surface area contributed by atoms with Crippen molar-refractivity contribution >= 4 is 24.0 Å². The summed E-state index contributed by atoms with van der Waals surface area (Å²) in [7, 11) is 2.63. The van der Waals surface area contributed by atoms with E-state index in [0.717, 1.165) is 110 Å². The molecule has 15 nitrogen and oxygen atoms in total. The Morgan fingerprint density at radius 2 is 1.23 bits per heavy atom. The normalized spacial score (nSPS) is 24.4. The van der Waals surface area contributed by atoms with Gasteiger partial charge in [-0.3, -0.25) is 9.59 Å². The van der Waals surface area contributed by atoms with Crippen LogP contribution in [0.3, 0.4) is 0 Å². The van der Waals surface area contributed by atoms with Crippen molar-refractivity contribution in [1.29, 1.82) is 0 Å². The van der Waals surface area contributed by atoms with Gasteiger partial charge in [0.25, 0.3) is 0 Å². The van der Waals surface area contributed by atoms with Gasteiger partial charge in [0.1, 0.15) is 23.7 Å². The molecule has 5 aliphatic rings. The summed E-state index contributed by atoms with van der Waals surface area (Å²) in [6.07, 6.45) is 13.1. The number of likely N-dealkylation sites (tertiary alicyclic amines) is 2. The second kappa shape index (κ2) is 17.6. The summed E-state index contributed by atoms with van der Waals surface area (Å²) in [6.45, 7) is 5.24. The fourth-order valence-corrected chi connectivity index (χ4v) is 11.1. The van der Waals surface area contributed by atoms with Crippen LogP contribution in [0, 0.1) is 11.8 Å². The number of aromatic nitrogens is 4. The number of aromatic amines is 2. The van der Waals surface area contributed by atoms with E-state index in [2.05, 4.69) is 69.2 Å². The third-order valence-electron chi connectivity index (χ3n) is 14.1. The van der Waals surface area contributed by atoms with Crippen molar-refractivity contribution in [1.82, 2.24) is 45.7 Å². The molecular formula is C47H59N9O6. The zero-order valence-corrected chi connectivity index (χ0v) is 36.2. The Bertz CT molecular complexity index is 2300. The Kier molecular flexibility index (Phi) is 11.8. The summed E-state index contributed by atoms with van der Waals surface area (Å²) in [5.74, 6) is 1.96. The second-order valence-corrected chi connectivity index (χ2v) is 18.0. The summed E-state index contributed by atoms with van der Waals surface area (Å²) in [5.41, 5.74) is 8.95. The van der Waals surface area contributed by atoms with Gasteiger partial charge in [-0.1, -0.05) is 62.6 Å². The minimum atomic E-state index is -0.713. The van der Waals surface area contributed by atoms with Gasteiger partial charge in [0.2, 0.25) is 11.8 Å². The minimum absolute atomic E-state index is 0.0551. The summed E-state index contributed by atoms with van der Waals surface area (Å²) < 4.78 is 9.64. The highest BCUT2D eigenvalue weighted by Crippen LogP contribution is 2.52. The number of methoxy groups -OCH3 is 2. The molecule has 5 N–H and O–H groups in total. The maximum absolute atomic E-state index is 14.1. The predicted molar refractivity (Wildman–Crippen MR) is 232 cm³/mol. The Morgan fingerprint density at radius 3 is 1.87 bits per heavy atom. The van der Waals surface area contributed by atoms with Gasteiger partial charge in [-0.05, 0) is 97.9 Å². The lowest BCUT2D eigenvalue weighted by molar-refractivity contribution is -0.136. The van der Waals surface area contributed by atoms with Gasteiger partial charge in [-0.25, -0.2) is 19.6 Å². The molecule has 15 heteroatoms. The average molecular weight is 846 g/mol. The first-order valence-corrected chi connectivity index (χ1v) is 22.6. The number of benzene rings is 2. The maximum atomic E-state index is 14.1. The molecule has 9 rings (SSSR count). The predicted octanol–water partition coefficient (Wildman–Crippen LogP) is 7.63. The van der Waals surface area contributed by atoms with E-state index in [0.29, 0.717) is 19.0 Å². The van der Waals surface area contributed by atoms with Crippen LogP contribution in [-0.2, 0) is 19.1 Å². The van der Waals surface area contributed by atoms with Crippen LogP contribution < -0.4 is 16.0 Å². The van der Waals surface area contributed by atoms with E-state index in [1.54, 1.807) is 6.92 Å². The molecule has 328 valence electrons. The lowest BCUT2D eigenvalue weighted by Crippen LogP contribution is -2.52. The molecule has 4 aliphatic heterocycles. The first-order chi connectivity index (χ1) is 30.1. The first kappa shape index (κ1) is 41.6. The largest absolute Gasteiger partial charge is 0.453 e. The van der Waals surface area contributed by atoms with Crippen LogP contribution in [0.5, 0.6) is 0 Å². The molecule has 4 aromatic rings. The topological polar surface area (TPSA) is 187 Å². The molecule has 7 atom stereocenters. The van der Waals surface area contributed by atoms with Gasteiger partial charge in [0.05, 0.1) is 50.1 Å². The van der Waals surface area contributed by atoms with Crippen molar-refractivity contribution < 1.29 is 28.7 Å². The molecule has 2 aromatic heterocycles. The number of rotatable bonds is 10. The molecule has 6 heterocycles. The Morgan fingerprint density at radius 1 is 0.677 bits per heavy atom. The maximum Gasteiger partial charge on any atom is 0.407 e. The number of amides is 4. The summed E-state index contributed by atoms with van der Waals surface area (Å²) in [6, 6.07) is 11.8. The Balaban J connectivity index is 0.949. The number of carbonyl (C=O) groups excluding carboxylic acids is 4. The van der Waals surface area contributed by atoms with Crippen LogP contribution in [0.15, 0.2) is 48.8 Å². The molecular weight excluding hydrogens is 787 g/mol. The van der Waals surface area contributed by atoms with E-state index in [1.165, 1.54) is 30.9 Å². The molecule has 2 aromatic carbocycles. The average Bonchev–Trinajstić information content (AvgIpc) is 4.16. The van der Waals surface area contributed by atoms with E-state index in [1.807, 2.05) is 22.2 Å². The third-order valence-corrected chi connectivity index (χ3v) is 14.1. The van der Waals surface area contributed by atoms with Crippen molar-refractivity contribution in [2.75, 3.05) is 27.3 Å². The van der Waals surface area contributed by atoms with E-state index in [4.69, 9.17) is 19.4 Å². The number of imidazole rings is 2. The molecule has 62 heavy (non-hydrogen) atoms. The third kappa shape index (κ3) is 7.95. The van der Waals surface area contributed by atoms with Gasteiger partial charge >= 0.3 is 12.2 Å². The van der Waals surface area contributed by atoms with Gasteiger partial charge in [0, 0.05) is 30.7 Å². The molecule has 0 spiro atoms. The van der Waals surface area contributed by atoms with E-state index >= 15 is 0 Å². The number of piperidine rings is 1. The SMILES string of the molecule is COC(=O)NC(C)C(=O)N1CCCC1c1ncc(-c2ccc(-c3ccc(-c4cnc(C5CCCN5C(=O)C(NC(=O)OC)C5CCCCC5)[nH]4)cc3)c3c2C2CC(C)CC3N2)[nH]1. The zero-order valence-electron chi connectivity index (χ0n) is 36.2. The molecule has 2 bridgehead atoms. The Labute approximate surface area is 362 Å². The molecule has 4 fully saturated rings. The first-order valence-electron chi connectivity index (χ1n) is 22.6. The van der Waals surface area contributed by atoms with Gasteiger partial charge < -0.3 is 45.2 Å². The fourth-order valence-electron chi connectivity index (χ4n) is 11.1. The number of carbonyl (C=O) groups is 4. The number of H-pyrrole nitrogens is 2. The van der Waals surface area contributed by atoms with E-state index in [9.17, 15) is 19.2 Å². The van der Waals surface area contributed by atoms with Crippen LogP contribution in [-0.4, -0.2) is 93.1 Å². The summed E-state index contributed by atoms with van der Waals surface area (Å²) in [5, 5.41) is 9.43. The molecule has 4 amide bonds. The quantitative estimate of drug-likeness (QED) is 0.107. The van der Waals surface area contributed by atoms with Gasteiger partial charge in [0.15, 0.2) is 0 Å². The monoisotopic (exact) mass is 845 g/mol. The smallest absolute Gasteiger partial charge is 0.407 e. The molecule has 7 unspecified atom stereocenters. The van der Waals surface area contributed by atoms with Crippen molar-refractivity contribution in [3.63, 3.8) is 0 Å². The van der Waals surface area contributed by atoms with Crippen molar-refractivity contribution in [2.24, 2.45) is 11.8 Å². The van der Waals surface area contributed by atoms with Crippen molar-refractivity contribution in [2.45, 2.75) is 121 Å². The lowest BCUT2D eigenvalue weighted by atomic mass is 9.83. The van der Waals surface area contributed by atoms with Gasteiger partial charge in [-0.2, -0.15) is 0 Å². The summed E-state index contributed by atoms with van der Waals surface area (Å²) >= 11 is 0. The number of hydrogen-bond donors (Lipinski definition) is 5. The van der Waals surface area contributed by atoms with E-state index in [-0.39, 0.29) is 41.9 Å². The standard InChI is InChI=1S/C47H59N9O6/c1-26-22-33-39-31(18-19-32(40(39)34(23-26)51-33)36-25-49-43(53-36)37-12-8-20-55(37)44(57)27(2)50-46(59)61-3)28-14-16-29(17-15-28)35-24-48-42(52-35)38-13-9-21-56(38)45(58)41(54-47(60)62-4)30-10-6-5-7-11-30/h14-19,24-27,30,33-34,37-38,41,51H,5-13,20-23H2,1-4H3,(H,48,52)(H,49,53)(H,50,59)(H,54,60). The highest BCUT2D eigenvalue weighted by atomic mass is 16.5. The van der Waals surface area contributed by atoms with E-state index < -0.39 is 24.3 Å². The Hall–Kier alpha value is -5.70. The number of nitrogens with one attached hydrogen (secondary N) is 5. The number of hydrogen-bond acceptors (Lipinski definition) is 9. The molecule has 0 radical (unpaired) electrons. The van der Waals surface area contributed by atoms with Gasteiger partial charge in [-0.15, -0.1) is 0 Å². The second-order valence-electron chi connectivity index (χ2n) is 18.0. The van der Waals surface area contributed by atoms with Crippen LogP contribution in [0.1, 0.15) is 131 Å². The van der Waals surface area contributed by atoms with Crippen molar-refractivity contribution in [3.05, 3.63) is 71.6 Å². The van der Waals surface area contributed by atoms with Crippen LogP contribution in [0.4, 0.5) is 9.59 Å². The van der Waals surface area contributed by atoms with Crippen LogP contribution >= 0.6 is 0 Å². The highest BCUT2D eigenvalue weighted by molar-refractivity contribution is 5.87. The van der Waals surface area contributed by atoms with Crippen molar-refractivity contribution in [3.8, 4) is 33.6 Å².